The zero-order valence-electron chi connectivity index (χ0n) is 11.7. The predicted molar refractivity (Wildman–Crippen MR) is 81.7 cm³/mol. The van der Waals surface area contributed by atoms with Crippen LogP contribution in [0.4, 0.5) is 5.69 Å². The first-order valence-electron chi connectivity index (χ1n) is 6.97. The van der Waals surface area contributed by atoms with Crippen molar-refractivity contribution in [3.63, 3.8) is 0 Å². The van der Waals surface area contributed by atoms with E-state index in [0.717, 1.165) is 30.8 Å². The van der Waals surface area contributed by atoms with E-state index in [2.05, 4.69) is 19.2 Å². The molecule has 1 fully saturated rings. The highest BCUT2D eigenvalue weighted by molar-refractivity contribution is 7.99. The van der Waals surface area contributed by atoms with Gasteiger partial charge >= 0.3 is 0 Å². The lowest BCUT2D eigenvalue weighted by atomic mass is 10.2. The molecule has 1 unspecified atom stereocenters. The van der Waals surface area contributed by atoms with Crippen LogP contribution in [-0.4, -0.2) is 28.0 Å². The lowest BCUT2D eigenvalue weighted by molar-refractivity contribution is 0.0930. The Morgan fingerprint density at radius 2 is 2.37 bits per heavy atom. The fraction of sp³-hybridized carbons (Fsp3) is 0.643. The van der Waals surface area contributed by atoms with Crippen LogP contribution in [0.15, 0.2) is 12.3 Å². The lowest BCUT2D eigenvalue weighted by Gasteiger charge is -2.14. The molecule has 5 heteroatoms. The van der Waals surface area contributed by atoms with Crippen molar-refractivity contribution in [3.8, 4) is 0 Å². The predicted octanol–water partition coefficient (Wildman–Crippen LogP) is 2.67. The van der Waals surface area contributed by atoms with Crippen LogP contribution < -0.4 is 11.1 Å². The molecule has 106 valence electrons. The van der Waals surface area contributed by atoms with Crippen LogP contribution in [0.5, 0.6) is 0 Å². The van der Waals surface area contributed by atoms with E-state index in [1.807, 2.05) is 22.5 Å². The summed E-state index contributed by atoms with van der Waals surface area (Å²) in [6, 6.07) is 2.46. The second kappa shape index (κ2) is 6.37. The number of hydrogen-bond donors (Lipinski definition) is 2. The van der Waals surface area contributed by atoms with Crippen molar-refractivity contribution in [2.45, 2.75) is 45.2 Å². The largest absolute Gasteiger partial charge is 0.397 e. The van der Waals surface area contributed by atoms with E-state index < -0.39 is 0 Å². The highest BCUT2D eigenvalue weighted by Crippen LogP contribution is 2.37. The fourth-order valence-corrected chi connectivity index (χ4v) is 2.92. The first-order valence-corrected chi connectivity index (χ1v) is 8.13. The summed E-state index contributed by atoms with van der Waals surface area (Å²) < 4.78 is 2.03. The molecule has 1 aliphatic rings. The molecule has 1 saturated carbocycles. The topological polar surface area (TPSA) is 60.1 Å². The number of amides is 1. The molecule has 0 spiro atoms. The van der Waals surface area contributed by atoms with Gasteiger partial charge in [-0.25, -0.2) is 0 Å². The van der Waals surface area contributed by atoms with Crippen LogP contribution in [0, 0.1) is 0 Å². The molecule has 1 aromatic rings. The number of nitrogens with two attached hydrogens (primary N) is 1. The summed E-state index contributed by atoms with van der Waals surface area (Å²) in [5.74, 6) is 2.21. The van der Waals surface area contributed by atoms with E-state index in [0.29, 0.717) is 17.4 Å². The molecule has 1 aliphatic carbocycles. The van der Waals surface area contributed by atoms with Gasteiger partial charge in [-0.1, -0.05) is 6.92 Å². The third-order valence-corrected chi connectivity index (χ3v) is 4.25. The molecule has 1 aromatic heterocycles. The van der Waals surface area contributed by atoms with Gasteiger partial charge in [0.15, 0.2) is 0 Å². The minimum Gasteiger partial charge on any atom is -0.397 e. The first kappa shape index (κ1) is 14.3. The van der Waals surface area contributed by atoms with E-state index in [-0.39, 0.29) is 11.9 Å². The maximum atomic E-state index is 12.3. The summed E-state index contributed by atoms with van der Waals surface area (Å²) in [5, 5.41) is 3.06. The molecule has 1 heterocycles. The van der Waals surface area contributed by atoms with Gasteiger partial charge in [-0.05, 0) is 43.8 Å². The van der Waals surface area contributed by atoms with Crippen LogP contribution in [0.25, 0.3) is 0 Å². The van der Waals surface area contributed by atoms with E-state index in [9.17, 15) is 4.79 Å². The number of nitrogens with zero attached hydrogens (tertiary/aromatic N) is 1. The van der Waals surface area contributed by atoms with Gasteiger partial charge in [0.1, 0.15) is 5.69 Å². The summed E-state index contributed by atoms with van der Waals surface area (Å²) in [4.78, 5) is 12.3. The number of nitrogens with one attached hydrogen (secondary N) is 1. The number of carbonyl (C=O) groups is 1. The molecule has 0 saturated heterocycles. The minimum atomic E-state index is -0.00222. The monoisotopic (exact) mass is 281 g/mol. The van der Waals surface area contributed by atoms with Crippen LogP contribution in [0.1, 0.15) is 49.6 Å². The fourth-order valence-electron chi connectivity index (χ4n) is 2.11. The van der Waals surface area contributed by atoms with Gasteiger partial charge in [-0.3, -0.25) is 4.79 Å². The standard InChI is InChI=1S/C14H23N3OS/c1-3-19-7-6-10(2)16-14(18)13-8-11(15)9-17(13)12-4-5-12/h8-10,12H,3-7,15H2,1-2H3,(H,16,18). The number of anilines is 1. The van der Waals surface area contributed by atoms with Gasteiger partial charge in [0.25, 0.3) is 5.91 Å². The van der Waals surface area contributed by atoms with Crippen molar-refractivity contribution in [3.05, 3.63) is 18.0 Å². The molecule has 0 aromatic carbocycles. The maximum absolute atomic E-state index is 12.3. The Morgan fingerprint density at radius 3 is 3.00 bits per heavy atom. The van der Waals surface area contributed by atoms with Crippen LogP contribution in [0.2, 0.25) is 0 Å². The van der Waals surface area contributed by atoms with E-state index in [1.54, 1.807) is 6.07 Å². The quantitative estimate of drug-likeness (QED) is 0.755. The number of thioether (sulfide) groups is 1. The molecule has 4 nitrogen and oxygen atoms in total. The summed E-state index contributed by atoms with van der Waals surface area (Å²) in [5.41, 5.74) is 7.18. The molecule has 0 bridgehead atoms. The van der Waals surface area contributed by atoms with Crippen molar-refractivity contribution >= 4 is 23.4 Å². The molecular formula is C14H23N3OS. The molecule has 1 amide bonds. The molecule has 3 N–H and O–H groups in total. The summed E-state index contributed by atoms with van der Waals surface area (Å²) >= 11 is 1.90. The second-order valence-electron chi connectivity index (χ2n) is 5.16. The number of carbonyl (C=O) groups excluding carboxylic acids is 1. The van der Waals surface area contributed by atoms with Crippen LogP contribution in [0.3, 0.4) is 0 Å². The summed E-state index contributed by atoms with van der Waals surface area (Å²) in [6.45, 7) is 4.21. The number of nitrogen functional groups attached to an aromatic ring is 1. The Labute approximate surface area is 119 Å². The highest BCUT2D eigenvalue weighted by atomic mass is 32.2. The molecule has 2 rings (SSSR count). The Hall–Kier alpha value is -1.10. The summed E-state index contributed by atoms with van der Waals surface area (Å²) in [7, 11) is 0. The second-order valence-corrected chi connectivity index (χ2v) is 6.55. The van der Waals surface area contributed by atoms with Gasteiger partial charge in [-0.15, -0.1) is 0 Å². The van der Waals surface area contributed by atoms with Gasteiger partial charge in [0, 0.05) is 18.3 Å². The average molecular weight is 281 g/mol. The number of rotatable bonds is 7. The maximum Gasteiger partial charge on any atom is 0.268 e. The third kappa shape index (κ3) is 3.93. The normalized spacial score (nSPS) is 16.3. The molecule has 1 atom stereocenters. The molecule has 19 heavy (non-hydrogen) atoms. The highest BCUT2D eigenvalue weighted by Gasteiger charge is 2.27. The zero-order valence-corrected chi connectivity index (χ0v) is 12.5. The van der Waals surface area contributed by atoms with Gasteiger partial charge in [-0.2, -0.15) is 11.8 Å². The number of aromatic nitrogens is 1. The zero-order chi connectivity index (χ0) is 13.8. The average Bonchev–Trinajstić information content (AvgIpc) is 3.12. The van der Waals surface area contributed by atoms with Crippen molar-refractivity contribution < 1.29 is 4.79 Å². The number of hydrogen-bond acceptors (Lipinski definition) is 3. The minimum absolute atomic E-state index is 0.00222. The lowest BCUT2D eigenvalue weighted by Crippen LogP contribution is -2.34. The summed E-state index contributed by atoms with van der Waals surface area (Å²) in [6.07, 6.45) is 5.18. The van der Waals surface area contributed by atoms with E-state index in [4.69, 9.17) is 5.73 Å². The molecule has 0 radical (unpaired) electrons. The Kier molecular flexibility index (Phi) is 4.80. The van der Waals surface area contributed by atoms with Crippen molar-refractivity contribution in [2.75, 3.05) is 17.2 Å². The smallest absolute Gasteiger partial charge is 0.268 e. The van der Waals surface area contributed by atoms with Gasteiger partial charge in [0.2, 0.25) is 0 Å². The van der Waals surface area contributed by atoms with Crippen LogP contribution >= 0.6 is 11.8 Å². The Balaban J connectivity index is 1.92. The van der Waals surface area contributed by atoms with Crippen molar-refractivity contribution in [2.24, 2.45) is 0 Å². The van der Waals surface area contributed by atoms with Gasteiger partial charge < -0.3 is 15.6 Å². The first-order chi connectivity index (χ1) is 9.11. The van der Waals surface area contributed by atoms with Gasteiger partial charge in [0.05, 0.1) is 5.69 Å². The Morgan fingerprint density at radius 1 is 1.63 bits per heavy atom. The van der Waals surface area contributed by atoms with E-state index in [1.165, 1.54) is 0 Å². The SMILES string of the molecule is CCSCCC(C)NC(=O)c1cc(N)cn1C1CC1. The third-order valence-electron chi connectivity index (χ3n) is 3.32. The van der Waals surface area contributed by atoms with Crippen LogP contribution in [-0.2, 0) is 0 Å². The molecule has 0 aliphatic heterocycles. The van der Waals surface area contributed by atoms with Crippen molar-refractivity contribution in [1.82, 2.24) is 9.88 Å². The molecular weight excluding hydrogens is 258 g/mol. The van der Waals surface area contributed by atoms with Crippen molar-refractivity contribution in [1.29, 1.82) is 0 Å². The van der Waals surface area contributed by atoms with E-state index >= 15 is 0 Å². The Bertz CT molecular complexity index is 440.